The van der Waals surface area contributed by atoms with Gasteiger partial charge in [0.05, 0.1) is 18.4 Å². The Morgan fingerprint density at radius 3 is 2.95 bits per heavy atom. The smallest absolute Gasteiger partial charge is 0.287 e. The molecule has 20 heavy (non-hydrogen) atoms. The van der Waals surface area contributed by atoms with Crippen LogP contribution < -0.4 is 15.8 Å². The van der Waals surface area contributed by atoms with E-state index in [1.54, 1.807) is 6.20 Å². The van der Waals surface area contributed by atoms with Gasteiger partial charge in [-0.05, 0) is 21.0 Å². The SMILES string of the molecule is C[C@@H]1CN(c2cnn(CCN(C)C)c(=O)c2Cl)CCN1. The quantitative estimate of drug-likeness (QED) is 0.864. The van der Waals surface area contributed by atoms with Gasteiger partial charge in [-0.25, -0.2) is 4.68 Å². The number of rotatable bonds is 4. The molecule has 2 rings (SSSR count). The molecule has 0 radical (unpaired) electrons. The van der Waals surface area contributed by atoms with E-state index in [2.05, 4.69) is 22.2 Å². The third-order valence-corrected chi connectivity index (χ3v) is 3.79. The molecule has 0 unspecified atom stereocenters. The Bertz CT molecular complexity index is 516. The summed E-state index contributed by atoms with van der Waals surface area (Å²) in [4.78, 5) is 16.4. The van der Waals surface area contributed by atoms with E-state index in [0.717, 1.165) is 31.9 Å². The highest BCUT2D eigenvalue weighted by atomic mass is 35.5. The summed E-state index contributed by atoms with van der Waals surface area (Å²) in [5.74, 6) is 0. The van der Waals surface area contributed by atoms with Crippen molar-refractivity contribution < 1.29 is 0 Å². The molecule has 1 fully saturated rings. The minimum Gasteiger partial charge on any atom is -0.366 e. The maximum Gasteiger partial charge on any atom is 0.287 e. The maximum atomic E-state index is 12.2. The van der Waals surface area contributed by atoms with Gasteiger partial charge in [0, 0.05) is 32.2 Å². The van der Waals surface area contributed by atoms with Gasteiger partial charge < -0.3 is 15.1 Å². The number of anilines is 1. The zero-order valence-electron chi connectivity index (χ0n) is 12.3. The second kappa shape index (κ2) is 6.56. The molecule has 2 heterocycles. The standard InChI is InChI=1S/C13H22ClN5O/c1-10-9-18(5-4-15-10)11-8-16-19(7-6-17(2)3)13(20)12(11)14/h8,10,15H,4-7,9H2,1-3H3/t10-/m1/s1. The van der Waals surface area contributed by atoms with Crippen molar-refractivity contribution in [1.29, 1.82) is 0 Å². The molecule has 1 aliphatic heterocycles. The summed E-state index contributed by atoms with van der Waals surface area (Å²) in [5, 5.41) is 7.88. The van der Waals surface area contributed by atoms with Crippen LogP contribution in [0.15, 0.2) is 11.0 Å². The molecule has 0 amide bonds. The van der Waals surface area contributed by atoms with Gasteiger partial charge >= 0.3 is 0 Å². The first-order chi connectivity index (χ1) is 9.49. The number of likely N-dealkylation sites (N-methyl/N-ethyl adjacent to an activating group) is 1. The molecule has 1 aromatic heterocycles. The highest BCUT2D eigenvalue weighted by Crippen LogP contribution is 2.21. The third-order valence-electron chi connectivity index (χ3n) is 3.43. The second-order valence-electron chi connectivity index (χ2n) is 5.48. The van der Waals surface area contributed by atoms with Crippen LogP contribution in [0.1, 0.15) is 6.92 Å². The number of piperazine rings is 1. The average Bonchev–Trinajstić information content (AvgIpc) is 2.40. The fourth-order valence-corrected chi connectivity index (χ4v) is 2.55. The van der Waals surface area contributed by atoms with Gasteiger partial charge in [-0.1, -0.05) is 11.6 Å². The lowest BCUT2D eigenvalue weighted by Crippen LogP contribution is -2.49. The maximum absolute atomic E-state index is 12.2. The Hall–Kier alpha value is -1.11. The Labute approximate surface area is 124 Å². The van der Waals surface area contributed by atoms with E-state index in [9.17, 15) is 4.79 Å². The number of halogens is 1. The lowest BCUT2D eigenvalue weighted by Gasteiger charge is -2.33. The largest absolute Gasteiger partial charge is 0.366 e. The Kier molecular flexibility index (Phi) is 5.01. The van der Waals surface area contributed by atoms with E-state index >= 15 is 0 Å². The number of nitrogens with one attached hydrogen (secondary N) is 1. The molecule has 1 N–H and O–H groups in total. The summed E-state index contributed by atoms with van der Waals surface area (Å²) in [6, 6.07) is 0.385. The van der Waals surface area contributed by atoms with Crippen LogP contribution in [0.2, 0.25) is 5.02 Å². The van der Waals surface area contributed by atoms with Crippen LogP contribution in [0, 0.1) is 0 Å². The Balaban J connectivity index is 2.20. The van der Waals surface area contributed by atoms with E-state index in [1.807, 2.05) is 19.0 Å². The highest BCUT2D eigenvalue weighted by Gasteiger charge is 2.20. The molecule has 112 valence electrons. The summed E-state index contributed by atoms with van der Waals surface area (Å²) in [6.07, 6.45) is 1.71. The van der Waals surface area contributed by atoms with E-state index in [-0.39, 0.29) is 10.6 Å². The minimum absolute atomic E-state index is 0.211. The Morgan fingerprint density at radius 1 is 1.55 bits per heavy atom. The van der Waals surface area contributed by atoms with Crippen molar-refractivity contribution in [3.63, 3.8) is 0 Å². The third kappa shape index (κ3) is 3.50. The summed E-state index contributed by atoms with van der Waals surface area (Å²) in [6.45, 7) is 5.99. The van der Waals surface area contributed by atoms with E-state index < -0.39 is 0 Å². The van der Waals surface area contributed by atoms with Crippen LogP contribution in [0.3, 0.4) is 0 Å². The van der Waals surface area contributed by atoms with Gasteiger partial charge in [0.1, 0.15) is 5.02 Å². The van der Waals surface area contributed by atoms with Crippen LogP contribution in [0.4, 0.5) is 5.69 Å². The van der Waals surface area contributed by atoms with Gasteiger partial charge in [0.15, 0.2) is 0 Å². The molecule has 0 bridgehead atoms. The first kappa shape index (κ1) is 15.3. The van der Waals surface area contributed by atoms with Crippen molar-refractivity contribution in [2.45, 2.75) is 19.5 Å². The van der Waals surface area contributed by atoms with E-state index in [4.69, 9.17) is 11.6 Å². The fraction of sp³-hybridized carbons (Fsp3) is 0.692. The van der Waals surface area contributed by atoms with Crippen molar-refractivity contribution in [1.82, 2.24) is 20.0 Å². The summed E-state index contributed by atoms with van der Waals surface area (Å²) in [5.41, 5.74) is 0.531. The first-order valence-corrected chi connectivity index (χ1v) is 7.25. The number of hydrogen-bond acceptors (Lipinski definition) is 5. The second-order valence-corrected chi connectivity index (χ2v) is 5.85. The lowest BCUT2D eigenvalue weighted by atomic mass is 10.2. The molecule has 0 saturated carbocycles. The van der Waals surface area contributed by atoms with Crippen LogP contribution in [0.5, 0.6) is 0 Å². The number of aromatic nitrogens is 2. The molecular weight excluding hydrogens is 278 g/mol. The zero-order valence-corrected chi connectivity index (χ0v) is 13.0. The molecule has 0 aromatic carbocycles. The van der Waals surface area contributed by atoms with Gasteiger partial charge in [0.2, 0.25) is 0 Å². The van der Waals surface area contributed by atoms with E-state index in [0.29, 0.717) is 12.6 Å². The predicted molar refractivity (Wildman–Crippen MR) is 81.7 cm³/mol. The molecule has 1 aromatic rings. The van der Waals surface area contributed by atoms with Crippen LogP contribution >= 0.6 is 11.6 Å². The van der Waals surface area contributed by atoms with Crippen LogP contribution in [-0.2, 0) is 6.54 Å². The Morgan fingerprint density at radius 2 is 2.30 bits per heavy atom. The fourth-order valence-electron chi connectivity index (χ4n) is 2.28. The van der Waals surface area contributed by atoms with Crippen molar-refractivity contribution in [3.8, 4) is 0 Å². The zero-order chi connectivity index (χ0) is 14.7. The van der Waals surface area contributed by atoms with Gasteiger partial charge in [0.25, 0.3) is 5.56 Å². The first-order valence-electron chi connectivity index (χ1n) is 6.87. The van der Waals surface area contributed by atoms with E-state index in [1.165, 1.54) is 4.68 Å². The lowest BCUT2D eigenvalue weighted by molar-refractivity contribution is 0.367. The minimum atomic E-state index is -0.211. The average molecular weight is 300 g/mol. The molecular formula is C13H22ClN5O. The monoisotopic (exact) mass is 299 g/mol. The molecule has 0 spiro atoms. The van der Waals surface area contributed by atoms with Gasteiger partial charge in [-0.2, -0.15) is 5.10 Å². The topological polar surface area (TPSA) is 53.4 Å². The van der Waals surface area contributed by atoms with Crippen LogP contribution in [0.25, 0.3) is 0 Å². The molecule has 1 saturated heterocycles. The predicted octanol–water partition coefficient (Wildman–Crippen LogP) is 0.256. The molecule has 6 nitrogen and oxygen atoms in total. The van der Waals surface area contributed by atoms with Crippen molar-refractivity contribution >= 4 is 17.3 Å². The van der Waals surface area contributed by atoms with Crippen molar-refractivity contribution in [2.24, 2.45) is 0 Å². The highest BCUT2D eigenvalue weighted by molar-refractivity contribution is 6.33. The van der Waals surface area contributed by atoms with Gasteiger partial charge in [-0.3, -0.25) is 4.79 Å². The van der Waals surface area contributed by atoms with Crippen molar-refractivity contribution in [3.05, 3.63) is 21.6 Å². The molecule has 1 aliphatic rings. The molecule has 1 atom stereocenters. The molecule has 0 aliphatic carbocycles. The van der Waals surface area contributed by atoms with Crippen LogP contribution in [-0.4, -0.2) is 61.0 Å². The van der Waals surface area contributed by atoms with Crippen molar-refractivity contribution in [2.75, 3.05) is 45.2 Å². The van der Waals surface area contributed by atoms with Gasteiger partial charge in [-0.15, -0.1) is 0 Å². The molecule has 7 heteroatoms. The summed E-state index contributed by atoms with van der Waals surface area (Å²) < 4.78 is 1.43. The summed E-state index contributed by atoms with van der Waals surface area (Å²) in [7, 11) is 3.92. The summed E-state index contributed by atoms with van der Waals surface area (Å²) >= 11 is 6.25. The normalized spacial score (nSPS) is 19.6. The number of nitrogens with zero attached hydrogens (tertiary/aromatic N) is 4. The number of hydrogen-bond donors (Lipinski definition) is 1.